The van der Waals surface area contributed by atoms with E-state index in [9.17, 15) is 0 Å². The average molecular weight is 621 g/mol. The van der Waals surface area contributed by atoms with Gasteiger partial charge in [0.15, 0.2) is 0 Å². The van der Waals surface area contributed by atoms with Crippen LogP contribution in [0.5, 0.6) is 0 Å². The van der Waals surface area contributed by atoms with Gasteiger partial charge < -0.3 is 9.80 Å². The molecule has 0 spiro atoms. The Morgan fingerprint density at radius 2 is 0.854 bits per heavy atom. The molecule has 0 heterocycles. The highest BCUT2D eigenvalue weighted by atomic mass is 15.1. The van der Waals surface area contributed by atoms with Crippen LogP contribution in [0.4, 0.5) is 34.1 Å². The summed E-state index contributed by atoms with van der Waals surface area (Å²) in [4.78, 5) is 4.82. The third-order valence-corrected chi connectivity index (χ3v) is 9.81. The molecule has 0 radical (unpaired) electrons. The minimum Gasteiger partial charge on any atom is -0.310 e. The van der Waals surface area contributed by atoms with E-state index in [-0.39, 0.29) is 0 Å². The quantitative estimate of drug-likeness (QED) is 0.175. The van der Waals surface area contributed by atoms with Crippen molar-refractivity contribution in [3.63, 3.8) is 0 Å². The summed E-state index contributed by atoms with van der Waals surface area (Å²) >= 11 is 0. The Morgan fingerprint density at radius 1 is 0.417 bits per heavy atom. The van der Waals surface area contributed by atoms with Gasteiger partial charge in [0, 0.05) is 33.9 Å². The summed E-state index contributed by atoms with van der Waals surface area (Å²) in [6, 6.07) is 48.8. The standard InChI is InChI=1S/C46H40N2/c1-33-31-39(47(37-19-5-3-6-20-37)45-25-13-17-35-15-9-11-23-43(35)45)27-29-41(33)42-30-28-40(32-34(42)2)48(38-21-7-4-8-22-38)46-26-14-18-36-16-10-12-24-44(36)46/h3-8,11-14,17-32H,9-10,15-16H2,1-2H3. The lowest BCUT2D eigenvalue weighted by Gasteiger charge is -2.30. The zero-order valence-electron chi connectivity index (χ0n) is 27.7. The molecule has 0 N–H and O–H groups in total. The zero-order valence-corrected chi connectivity index (χ0v) is 27.7. The van der Waals surface area contributed by atoms with Crippen molar-refractivity contribution in [3.05, 3.63) is 179 Å². The maximum Gasteiger partial charge on any atom is 0.0536 e. The molecule has 48 heavy (non-hydrogen) atoms. The summed E-state index contributed by atoms with van der Waals surface area (Å²) in [7, 11) is 0. The number of hydrogen-bond donors (Lipinski definition) is 0. The van der Waals surface area contributed by atoms with Crippen molar-refractivity contribution in [3.8, 4) is 11.1 Å². The van der Waals surface area contributed by atoms with Gasteiger partial charge in [-0.15, -0.1) is 0 Å². The van der Waals surface area contributed by atoms with Crippen molar-refractivity contribution in [1.82, 2.24) is 0 Å². The van der Waals surface area contributed by atoms with Gasteiger partial charge in [-0.3, -0.25) is 0 Å². The molecule has 0 aliphatic heterocycles. The Labute approximate surface area is 284 Å². The summed E-state index contributed by atoms with van der Waals surface area (Å²) in [6.45, 7) is 4.49. The number of nitrogens with zero attached hydrogens (tertiary/aromatic N) is 2. The highest BCUT2D eigenvalue weighted by Gasteiger charge is 2.21. The molecule has 0 bridgehead atoms. The summed E-state index contributed by atoms with van der Waals surface area (Å²) in [5.41, 5.74) is 17.6. The second-order valence-electron chi connectivity index (χ2n) is 12.9. The molecular weight excluding hydrogens is 581 g/mol. The van der Waals surface area contributed by atoms with Crippen molar-refractivity contribution in [2.24, 2.45) is 0 Å². The van der Waals surface area contributed by atoms with Crippen molar-refractivity contribution in [1.29, 1.82) is 0 Å². The van der Waals surface area contributed by atoms with Crippen LogP contribution in [-0.4, -0.2) is 0 Å². The third kappa shape index (κ3) is 5.54. The molecule has 2 heteroatoms. The van der Waals surface area contributed by atoms with Crippen LogP contribution in [0.25, 0.3) is 23.3 Å². The van der Waals surface area contributed by atoms with Crippen LogP contribution in [0.3, 0.4) is 0 Å². The topological polar surface area (TPSA) is 6.48 Å². The number of rotatable bonds is 7. The lowest BCUT2D eigenvalue weighted by molar-refractivity contribution is 0.983. The largest absolute Gasteiger partial charge is 0.310 e. The number of allylic oxidation sites excluding steroid dienone is 2. The van der Waals surface area contributed by atoms with Gasteiger partial charge in [0.1, 0.15) is 0 Å². The lowest BCUT2D eigenvalue weighted by Crippen LogP contribution is -2.13. The van der Waals surface area contributed by atoms with Crippen LogP contribution >= 0.6 is 0 Å². The number of aryl methyl sites for hydroxylation is 4. The molecule has 6 aromatic carbocycles. The van der Waals surface area contributed by atoms with Crippen LogP contribution < -0.4 is 9.80 Å². The first-order valence-corrected chi connectivity index (χ1v) is 17.1. The summed E-state index contributed by atoms with van der Waals surface area (Å²) < 4.78 is 0. The highest BCUT2D eigenvalue weighted by molar-refractivity contribution is 5.88. The van der Waals surface area contributed by atoms with E-state index in [1.807, 2.05) is 0 Å². The summed E-state index contributed by atoms with van der Waals surface area (Å²) in [5.74, 6) is 0. The molecule has 0 atom stereocenters. The minimum atomic E-state index is 1.08. The van der Waals surface area contributed by atoms with E-state index >= 15 is 0 Å². The van der Waals surface area contributed by atoms with E-state index in [0.29, 0.717) is 0 Å². The molecule has 6 aromatic rings. The van der Waals surface area contributed by atoms with Crippen LogP contribution in [0.2, 0.25) is 0 Å². The van der Waals surface area contributed by atoms with Crippen LogP contribution in [0.15, 0.2) is 146 Å². The van der Waals surface area contributed by atoms with Crippen LogP contribution in [-0.2, 0) is 12.8 Å². The lowest BCUT2D eigenvalue weighted by atomic mass is 9.93. The summed E-state index contributed by atoms with van der Waals surface area (Å²) in [6.07, 6.45) is 13.6. The third-order valence-electron chi connectivity index (χ3n) is 9.81. The molecule has 8 rings (SSSR count). The Morgan fingerprint density at radius 3 is 1.27 bits per heavy atom. The molecule has 0 amide bonds. The smallest absolute Gasteiger partial charge is 0.0536 e. The summed E-state index contributed by atoms with van der Waals surface area (Å²) in [5, 5.41) is 0. The molecule has 0 fully saturated rings. The van der Waals surface area contributed by atoms with E-state index in [2.05, 4.69) is 181 Å². The van der Waals surface area contributed by atoms with Gasteiger partial charge in [0.25, 0.3) is 0 Å². The fourth-order valence-corrected chi connectivity index (χ4v) is 7.48. The van der Waals surface area contributed by atoms with E-state index in [4.69, 9.17) is 0 Å². The first kappa shape index (κ1) is 29.8. The number of fused-ring (bicyclic) bond motifs is 2. The van der Waals surface area contributed by atoms with E-state index in [1.54, 1.807) is 0 Å². The van der Waals surface area contributed by atoms with Crippen molar-refractivity contribution >= 4 is 46.3 Å². The second-order valence-corrected chi connectivity index (χ2v) is 12.9. The van der Waals surface area contributed by atoms with Gasteiger partial charge in [0.05, 0.1) is 11.4 Å². The van der Waals surface area contributed by atoms with Gasteiger partial charge in [-0.2, -0.15) is 0 Å². The molecular formula is C46H40N2. The number of benzene rings is 6. The average Bonchev–Trinajstić information content (AvgIpc) is 3.13. The predicted octanol–water partition coefficient (Wildman–Crippen LogP) is 12.8. The first-order chi connectivity index (χ1) is 23.7. The molecule has 234 valence electrons. The normalized spacial score (nSPS) is 13.1. The van der Waals surface area contributed by atoms with E-state index < -0.39 is 0 Å². The Balaban J connectivity index is 1.19. The van der Waals surface area contributed by atoms with E-state index in [0.717, 1.165) is 37.1 Å². The van der Waals surface area contributed by atoms with Crippen molar-refractivity contribution in [2.45, 2.75) is 39.5 Å². The Hall–Kier alpha value is -5.60. The SMILES string of the molecule is Cc1cc(N(c2ccccc2)c2cccc3c2C=CCC3)ccc1-c1ccc(N(c2ccccc2)c2cccc3c2C=CCC3)cc1C. The fourth-order valence-electron chi connectivity index (χ4n) is 7.48. The predicted molar refractivity (Wildman–Crippen MR) is 205 cm³/mol. The molecule has 2 aliphatic carbocycles. The fraction of sp³-hybridized carbons (Fsp3) is 0.130. The Bertz CT molecular complexity index is 2000. The van der Waals surface area contributed by atoms with Crippen LogP contribution in [0, 0.1) is 13.8 Å². The number of hydrogen-bond acceptors (Lipinski definition) is 2. The first-order valence-electron chi connectivity index (χ1n) is 17.1. The van der Waals surface area contributed by atoms with Crippen molar-refractivity contribution < 1.29 is 0 Å². The second kappa shape index (κ2) is 12.9. The molecule has 0 unspecified atom stereocenters. The molecule has 0 aromatic heterocycles. The number of anilines is 6. The molecule has 0 saturated heterocycles. The van der Waals surface area contributed by atoms with Crippen molar-refractivity contribution in [2.75, 3.05) is 9.80 Å². The van der Waals surface area contributed by atoms with Gasteiger partial charge in [0.2, 0.25) is 0 Å². The maximum atomic E-state index is 2.41. The van der Waals surface area contributed by atoms with Gasteiger partial charge in [-0.25, -0.2) is 0 Å². The molecule has 2 nitrogen and oxygen atoms in total. The van der Waals surface area contributed by atoms with E-state index in [1.165, 1.54) is 67.3 Å². The molecule has 0 saturated carbocycles. The van der Waals surface area contributed by atoms with Gasteiger partial charge >= 0.3 is 0 Å². The minimum absolute atomic E-state index is 1.08. The maximum absolute atomic E-state index is 2.41. The molecule has 2 aliphatic rings. The number of para-hydroxylation sites is 2. The Kier molecular flexibility index (Phi) is 8.00. The zero-order chi connectivity index (χ0) is 32.5. The monoisotopic (exact) mass is 620 g/mol. The highest BCUT2D eigenvalue weighted by Crippen LogP contribution is 2.43. The van der Waals surface area contributed by atoms with Gasteiger partial charge in [-0.1, -0.05) is 97.1 Å². The van der Waals surface area contributed by atoms with Gasteiger partial charge in [-0.05, 0) is 134 Å². The van der Waals surface area contributed by atoms with Crippen LogP contribution in [0.1, 0.15) is 46.2 Å².